The Morgan fingerprint density at radius 3 is 2.84 bits per heavy atom. The summed E-state index contributed by atoms with van der Waals surface area (Å²) in [5.41, 5.74) is 1.97. The predicted molar refractivity (Wildman–Crippen MR) is 102 cm³/mol. The van der Waals surface area contributed by atoms with E-state index in [1.54, 1.807) is 10.9 Å². The lowest BCUT2D eigenvalue weighted by Crippen LogP contribution is -1.98. The summed E-state index contributed by atoms with van der Waals surface area (Å²) < 4.78 is 7.92. The second-order valence-corrected chi connectivity index (χ2v) is 6.17. The van der Waals surface area contributed by atoms with Gasteiger partial charge in [0.15, 0.2) is 5.82 Å². The van der Waals surface area contributed by atoms with Crippen LogP contribution in [0.2, 0.25) is 5.02 Å². The molecule has 1 N–H and O–H groups in total. The van der Waals surface area contributed by atoms with Crippen molar-refractivity contribution in [2.45, 2.75) is 20.0 Å². The van der Waals surface area contributed by atoms with Gasteiger partial charge in [-0.15, -0.1) is 0 Å². The second kappa shape index (κ2) is 8.09. The van der Waals surface area contributed by atoms with Gasteiger partial charge in [0.2, 0.25) is 4.77 Å². The molecule has 0 atom stereocenters. The van der Waals surface area contributed by atoms with Gasteiger partial charge in [0.1, 0.15) is 12.4 Å². The van der Waals surface area contributed by atoms with Crippen molar-refractivity contribution in [3.8, 4) is 5.75 Å². The summed E-state index contributed by atoms with van der Waals surface area (Å²) in [4.78, 5) is 0. The minimum atomic E-state index is 0.475. The van der Waals surface area contributed by atoms with Crippen molar-refractivity contribution in [1.29, 1.82) is 0 Å². The molecule has 0 saturated heterocycles. The van der Waals surface area contributed by atoms with Crippen LogP contribution in [0.15, 0.2) is 53.6 Å². The van der Waals surface area contributed by atoms with Crippen LogP contribution in [0.4, 0.5) is 0 Å². The van der Waals surface area contributed by atoms with Crippen LogP contribution in [0.1, 0.15) is 23.9 Å². The number of hydrogen-bond donors (Lipinski definition) is 1. The minimum absolute atomic E-state index is 0.475. The van der Waals surface area contributed by atoms with Gasteiger partial charge in [-0.05, 0) is 47.6 Å². The molecule has 0 aliphatic carbocycles. The van der Waals surface area contributed by atoms with E-state index in [4.69, 9.17) is 28.6 Å². The zero-order valence-electron chi connectivity index (χ0n) is 13.6. The molecule has 128 valence electrons. The van der Waals surface area contributed by atoms with Crippen LogP contribution in [-0.4, -0.2) is 21.1 Å². The number of nitrogens with one attached hydrogen (secondary N) is 1. The first-order valence-corrected chi connectivity index (χ1v) is 8.62. The van der Waals surface area contributed by atoms with Crippen LogP contribution in [0, 0.1) is 4.77 Å². The van der Waals surface area contributed by atoms with E-state index in [2.05, 4.69) is 15.3 Å². The summed E-state index contributed by atoms with van der Waals surface area (Å²) in [6.07, 6.45) is 2.48. The van der Waals surface area contributed by atoms with Crippen molar-refractivity contribution in [2.75, 3.05) is 0 Å². The summed E-state index contributed by atoms with van der Waals surface area (Å²) in [5.74, 6) is 1.56. The van der Waals surface area contributed by atoms with Crippen LogP contribution < -0.4 is 4.74 Å². The fourth-order valence-corrected chi connectivity index (χ4v) is 2.55. The van der Waals surface area contributed by atoms with Crippen LogP contribution in [0.25, 0.3) is 0 Å². The summed E-state index contributed by atoms with van der Waals surface area (Å²) in [6.45, 7) is 2.48. The average Bonchev–Trinajstić information content (AvgIpc) is 2.99. The molecule has 0 aliphatic rings. The standard InChI is InChI=1S/C18H17ClN4OS/c1-2-17-21-22-18(25)23(17)20-11-14-4-3-5-16(10-14)24-12-13-6-8-15(19)9-7-13/h3-11H,2,12H2,1H3,(H,22,25)/b20-11+. The number of rotatable bonds is 6. The smallest absolute Gasteiger partial charge is 0.216 e. The van der Waals surface area contributed by atoms with Crippen molar-refractivity contribution in [3.05, 3.63) is 75.3 Å². The lowest BCUT2D eigenvalue weighted by atomic mass is 10.2. The monoisotopic (exact) mass is 372 g/mol. The molecule has 0 amide bonds. The number of halogens is 1. The molecule has 0 aliphatic heterocycles. The molecule has 2 aromatic carbocycles. The largest absolute Gasteiger partial charge is 0.489 e. The number of aromatic nitrogens is 3. The van der Waals surface area contributed by atoms with Crippen LogP contribution >= 0.6 is 23.8 Å². The van der Waals surface area contributed by atoms with Crippen LogP contribution in [0.3, 0.4) is 0 Å². The number of H-pyrrole nitrogens is 1. The van der Waals surface area contributed by atoms with E-state index in [0.717, 1.165) is 29.1 Å². The maximum absolute atomic E-state index is 5.89. The zero-order chi connectivity index (χ0) is 17.6. The summed E-state index contributed by atoms with van der Waals surface area (Å²) >= 11 is 11.1. The number of aromatic amines is 1. The average molecular weight is 373 g/mol. The summed E-state index contributed by atoms with van der Waals surface area (Å²) in [7, 11) is 0. The van der Waals surface area contributed by atoms with E-state index < -0.39 is 0 Å². The molecule has 0 unspecified atom stereocenters. The highest BCUT2D eigenvalue weighted by molar-refractivity contribution is 7.71. The summed E-state index contributed by atoms with van der Waals surface area (Å²) in [6, 6.07) is 15.3. The molecular formula is C18H17ClN4OS. The van der Waals surface area contributed by atoms with Crippen molar-refractivity contribution in [1.82, 2.24) is 14.9 Å². The fraction of sp³-hybridized carbons (Fsp3) is 0.167. The lowest BCUT2D eigenvalue weighted by molar-refractivity contribution is 0.306. The first kappa shape index (κ1) is 17.4. The van der Waals surface area contributed by atoms with Crippen molar-refractivity contribution in [2.24, 2.45) is 5.10 Å². The Hall–Kier alpha value is -2.44. The van der Waals surface area contributed by atoms with Crippen LogP contribution in [-0.2, 0) is 13.0 Å². The van der Waals surface area contributed by atoms with Gasteiger partial charge in [0, 0.05) is 11.4 Å². The number of hydrogen-bond acceptors (Lipinski definition) is 4. The normalized spacial score (nSPS) is 11.1. The first-order valence-electron chi connectivity index (χ1n) is 7.83. The highest BCUT2D eigenvalue weighted by atomic mass is 35.5. The Balaban J connectivity index is 1.70. The van der Waals surface area contributed by atoms with Gasteiger partial charge in [-0.3, -0.25) is 5.10 Å². The van der Waals surface area contributed by atoms with Gasteiger partial charge >= 0.3 is 0 Å². The van der Waals surface area contributed by atoms with Gasteiger partial charge in [-0.25, -0.2) is 0 Å². The van der Waals surface area contributed by atoms with E-state index in [9.17, 15) is 0 Å². The molecular weight excluding hydrogens is 356 g/mol. The number of aryl methyl sites for hydroxylation is 1. The molecule has 3 rings (SSSR count). The van der Waals surface area contributed by atoms with E-state index in [0.29, 0.717) is 16.4 Å². The molecule has 7 heteroatoms. The topological polar surface area (TPSA) is 55.2 Å². The number of benzene rings is 2. The number of nitrogens with zero attached hydrogens (tertiary/aromatic N) is 3. The maximum Gasteiger partial charge on any atom is 0.216 e. The zero-order valence-corrected chi connectivity index (χ0v) is 15.2. The summed E-state index contributed by atoms with van der Waals surface area (Å²) in [5, 5.41) is 12.0. The third-order valence-electron chi connectivity index (χ3n) is 3.53. The van der Waals surface area contributed by atoms with E-state index >= 15 is 0 Å². The first-order chi connectivity index (χ1) is 12.2. The van der Waals surface area contributed by atoms with Crippen molar-refractivity contribution >= 4 is 30.0 Å². The third kappa shape index (κ3) is 4.55. The van der Waals surface area contributed by atoms with Gasteiger partial charge in [-0.2, -0.15) is 14.9 Å². The molecule has 5 nitrogen and oxygen atoms in total. The highest BCUT2D eigenvalue weighted by Gasteiger charge is 2.02. The molecule has 1 heterocycles. The van der Waals surface area contributed by atoms with E-state index in [1.165, 1.54) is 0 Å². The molecule has 0 bridgehead atoms. The molecule has 0 spiro atoms. The Bertz CT molecular complexity index is 931. The molecule has 25 heavy (non-hydrogen) atoms. The van der Waals surface area contributed by atoms with E-state index in [-0.39, 0.29) is 0 Å². The molecule has 3 aromatic rings. The van der Waals surface area contributed by atoms with E-state index in [1.807, 2.05) is 55.5 Å². The Kier molecular flexibility index (Phi) is 5.63. The predicted octanol–water partition coefficient (Wildman–Crippen LogP) is 4.62. The number of ether oxygens (including phenoxy) is 1. The molecule has 1 aromatic heterocycles. The molecule has 0 radical (unpaired) electrons. The van der Waals surface area contributed by atoms with Crippen molar-refractivity contribution < 1.29 is 4.74 Å². The quantitative estimate of drug-likeness (QED) is 0.507. The second-order valence-electron chi connectivity index (χ2n) is 5.34. The highest BCUT2D eigenvalue weighted by Crippen LogP contribution is 2.16. The minimum Gasteiger partial charge on any atom is -0.489 e. The van der Waals surface area contributed by atoms with Gasteiger partial charge in [-0.1, -0.05) is 42.8 Å². The Morgan fingerprint density at radius 2 is 2.08 bits per heavy atom. The SMILES string of the molecule is CCc1n[nH]c(=S)n1/N=C/c1cccc(OCc2ccc(Cl)cc2)c1. The Labute approximate surface area is 155 Å². The van der Waals surface area contributed by atoms with Gasteiger partial charge < -0.3 is 4.74 Å². The van der Waals surface area contributed by atoms with Crippen molar-refractivity contribution in [3.63, 3.8) is 0 Å². The Morgan fingerprint density at radius 1 is 1.28 bits per heavy atom. The molecule has 0 saturated carbocycles. The lowest BCUT2D eigenvalue weighted by Gasteiger charge is -2.07. The van der Waals surface area contributed by atoms with Gasteiger partial charge in [0.05, 0.1) is 6.21 Å². The third-order valence-corrected chi connectivity index (χ3v) is 4.05. The molecule has 0 fully saturated rings. The van der Waals surface area contributed by atoms with Gasteiger partial charge in [0.25, 0.3) is 0 Å². The van der Waals surface area contributed by atoms with Crippen LogP contribution in [0.5, 0.6) is 5.75 Å². The fourth-order valence-electron chi connectivity index (χ4n) is 2.23. The maximum atomic E-state index is 5.89.